The summed E-state index contributed by atoms with van der Waals surface area (Å²) in [6.07, 6.45) is 7.99. The first-order chi connectivity index (χ1) is 15.0. The van der Waals surface area contributed by atoms with Crippen molar-refractivity contribution in [3.8, 4) is 5.88 Å². The van der Waals surface area contributed by atoms with Crippen LogP contribution in [0.5, 0.6) is 5.88 Å². The van der Waals surface area contributed by atoms with Gasteiger partial charge in [-0.15, -0.1) is 0 Å². The molecule has 1 amide bonds. The van der Waals surface area contributed by atoms with Gasteiger partial charge in [0.05, 0.1) is 12.0 Å². The van der Waals surface area contributed by atoms with Crippen LogP contribution in [0.25, 0.3) is 11.2 Å². The lowest BCUT2D eigenvalue weighted by Gasteiger charge is -2.24. The van der Waals surface area contributed by atoms with Crippen LogP contribution in [-0.4, -0.2) is 50.3 Å². The summed E-state index contributed by atoms with van der Waals surface area (Å²) in [6.45, 7) is 1.72. The minimum Gasteiger partial charge on any atom is -0.492 e. The van der Waals surface area contributed by atoms with Gasteiger partial charge in [0.25, 0.3) is 11.5 Å². The summed E-state index contributed by atoms with van der Waals surface area (Å²) in [6, 6.07) is 0.0647. The molecule has 1 saturated heterocycles. The zero-order chi connectivity index (χ0) is 21.5. The Morgan fingerprint density at radius 1 is 1.26 bits per heavy atom. The Morgan fingerprint density at radius 2 is 2.03 bits per heavy atom. The van der Waals surface area contributed by atoms with Crippen molar-refractivity contribution in [2.75, 3.05) is 13.2 Å². The summed E-state index contributed by atoms with van der Waals surface area (Å²) in [5.74, 6) is -0.205. The molecule has 0 unspecified atom stereocenters. The molecule has 0 atom stereocenters. The third kappa shape index (κ3) is 3.71. The number of hydrogen-bond donors (Lipinski definition) is 3. The second kappa shape index (κ2) is 7.84. The molecule has 2 fully saturated rings. The van der Waals surface area contributed by atoms with Gasteiger partial charge in [0.15, 0.2) is 5.56 Å². The Kier molecular flexibility index (Phi) is 5.01. The zero-order valence-corrected chi connectivity index (χ0v) is 17.2. The lowest BCUT2D eigenvalue weighted by Crippen LogP contribution is -2.37. The van der Waals surface area contributed by atoms with Gasteiger partial charge >= 0.3 is 0 Å². The van der Waals surface area contributed by atoms with E-state index in [2.05, 4.69) is 15.4 Å². The standard InChI is InChI=1S/C21H26N6O4/c22-16-4-1-13(9-23-16)15-10-24-27-19(15)26(11-12-5-7-31-8-6-12)20(29)17(21(27)30)18(28)25-14-2-3-14/h9-10,12,14,30H,1-8,11H2,(H2,22,23)(H,25,28). The van der Waals surface area contributed by atoms with Gasteiger partial charge in [-0.1, -0.05) is 0 Å². The molecule has 5 rings (SSSR count). The monoisotopic (exact) mass is 426 g/mol. The van der Waals surface area contributed by atoms with Gasteiger partial charge < -0.3 is 20.9 Å². The number of rotatable bonds is 5. The van der Waals surface area contributed by atoms with Gasteiger partial charge in [0, 0.05) is 44.0 Å². The van der Waals surface area contributed by atoms with Crippen molar-refractivity contribution < 1.29 is 14.6 Å². The third-order valence-corrected chi connectivity index (χ3v) is 6.19. The van der Waals surface area contributed by atoms with Crippen LogP contribution in [0.2, 0.25) is 0 Å². The molecule has 164 valence electrons. The quantitative estimate of drug-likeness (QED) is 0.653. The second-order valence-corrected chi connectivity index (χ2v) is 8.49. The van der Waals surface area contributed by atoms with Crippen molar-refractivity contribution in [3.05, 3.63) is 33.9 Å². The summed E-state index contributed by atoms with van der Waals surface area (Å²) < 4.78 is 8.33. The van der Waals surface area contributed by atoms with E-state index in [9.17, 15) is 14.7 Å². The fourth-order valence-electron chi connectivity index (χ4n) is 4.21. The topological polar surface area (TPSA) is 136 Å². The van der Waals surface area contributed by atoms with Gasteiger partial charge in [0.1, 0.15) is 5.65 Å². The van der Waals surface area contributed by atoms with Crippen LogP contribution in [0.1, 0.15) is 54.4 Å². The largest absolute Gasteiger partial charge is 0.492 e. The molecule has 4 heterocycles. The number of carbonyl (C=O) groups excluding carboxylic acids is 1. The number of fused-ring (bicyclic) bond motifs is 1. The minimum absolute atomic E-state index is 0.0647. The molecule has 4 N–H and O–H groups in total. The maximum atomic E-state index is 13.5. The fraction of sp³-hybridized carbons (Fsp3) is 0.524. The average molecular weight is 426 g/mol. The highest BCUT2D eigenvalue weighted by Crippen LogP contribution is 2.30. The average Bonchev–Trinajstić information content (AvgIpc) is 3.47. The molecular formula is C21H26N6O4. The molecule has 1 aliphatic carbocycles. The first-order valence-electron chi connectivity index (χ1n) is 10.8. The molecule has 2 aromatic heterocycles. The SMILES string of the molecule is NC1=NC=C(c2cnn3c(O)c(C(=O)NC4CC4)c(=O)n(CC4CCOCC4)c23)CC1. The fourth-order valence-corrected chi connectivity index (χ4v) is 4.21. The highest BCUT2D eigenvalue weighted by atomic mass is 16.5. The number of hydrogen-bond acceptors (Lipinski definition) is 7. The van der Waals surface area contributed by atoms with E-state index >= 15 is 0 Å². The van der Waals surface area contributed by atoms with Gasteiger partial charge in [-0.2, -0.15) is 9.61 Å². The van der Waals surface area contributed by atoms with Crippen LogP contribution in [0.4, 0.5) is 0 Å². The zero-order valence-electron chi connectivity index (χ0n) is 17.2. The molecule has 0 spiro atoms. The van der Waals surface area contributed by atoms with Crippen LogP contribution in [-0.2, 0) is 11.3 Å². The Hall–Kier alpha value is -3.14. The van der Waals surface area contributed by atoms with Crippen LogP contribution in [0.15, 0.2) is 22.2 Å². The van der Waals surface area contributed by atoms with E-state index in [0.29, 0.717) is 49.6 Å². The molecule has 2 aliphatic heterocycles. The lowest BCUT2D eigenvalue weighted by atomic mass is 9.99. The predicted molar refractivity (Wildman–Crippen MR) is 114 cm³/mol. The highest BCUT2D eigenvalue weighted by molar-refractivity contribution is 5.97. The Labute approximate surface area is 178 Å². The number of nitrogens with one attached hydrogen (secondary N) is 1. The molecule has 0 bridgehead atoms. The van der Waals surface area contributed by atoms with Gasteiger partial charge in [0.2, 0.25) is 5.88 Å². The molecule has 0 radical (unpaired) electrons. The van der Waals surface area contributed by atoms with Gasteiger partial charge in [-0.25, -0.2) is 4.99 Å². The number of amidine groups is 1. The normalized spacial score (nSPS) is 19.9. The van der Waals surface area contributed by atoms with Crippen molar-refractivity contribution in [3.63, 3.8) is 0 Å². The molecular weight excluding hydrogens is 400 g/mol. The summed E-state index contributed by atoms with van der Waals surface area (Å²) >= 11 is 0. The van der Waals surface area contributed by atoms with E-state index < -0.39 is 17.3 Å². The number of ether oxygens (including phenoxy) is 1. The number of aromatic hydroxyl groups is 1. The molecule has 0 aromatic carbocycles. The van der Waals surface area contributed by atoms with E-state index in [1.54, 1.807) is 17.0 Å². The first kappa shape index (κ1) is 19.8. The molecule has 10 nitrogen and oxygen atoms in total. The molecule has 31 heavy (non-hydrogen) atoms. The van der Waals surface area contributed by atoms with Crippen molar-refractivity contribution in [2.45, 2.75) is 51.1 Å². The number of aromatic nitrogens is 3. The van der Waals surface area contributed by atoms with Crippen LogP contribution < -0.4 is 16.6 Å². The molecule has 10 heteroatoms. The number of allylic oxidation sites excluding steroid dienone is 1. The van der Waals surface area contributed by atoms with E-state index in [-0.39, 0.29) is 17.5 Å². The van der Waals surface area contributed by atoms with Crippen molar-refractivity contribution in [1.82, 2.24) is 19.5 Å². The maximum Gasteiger partial charge on any atom is 0.270 e. The summed E-state index contributed by atoms with van der Waals surface area (Å²) in [5, 5.41) is 18.0. The Balaban J connectivity index is 1.67. The third-order valence-electron chi connectivity index (χ3n) is 6.19. The first-order valence-corrected chi connectivity index (χ1v) is 10.8. The maximum absolute atomic E-state index is 13.5. The van der Waals surface area contributed by atoms with Gasteiger partial charge in [-0.05, 0) is 43.6 Å². The number of nitrogens with zero attached hydrogens (tertiary/aromatic N) is 4. The number of nitrogens with two attached hydrogens (primary N) is 1. The number of aliphatic imine (C=N–C) groups is 1. The highest BCUT2D eigenvalue weighted by Gasteiger charge is 2.31. The molecule has 3 aliphatic rings. The summed E-state index contributed by atoms with van der Waals surface area (Å²) in [7, 11) is 0. The smallest absolute Gasteiger partial charge is 0.270 e. The lowest BCUT2D eigenvalue weighted by molar-refractivity contribution is 0.0611. The summed E-state index contributed by atoms with van der Waals surface area (Å²) in [5.41, 5.74) is 7.10. The molecule has 1 saturated carbocycles. The van der Waals surface area contributed by atoms with Crippen molar-refractivity contribution in [2.24, 2.45) is 16.6 Å². The van der Waals surface area contributed by atoms with Crippen LogP contribution in [0, 0.1) is 5.92 Å². The predicted octanol–water partition coefficient (Wildman–Crippen LogP) is 1.01. The Morgan fingerprint density at radius 3 is 2.71 bits per heavy atom. The van der Waals surface area contributed by atoms with Crippen molar-refractivity contribution in [1.29, 1.82) is 0 Å². The Bertz CT molecular complexity index is 1150. The van der Waals surface area contributed by atoms with E-state index in [0.717, 1.165) is 31.3 Å². The van der Waals surface area contributed by atoms with E-state index in [4.69, 9.17) is 10.5 Å². The van der Waals surface area contributed by atoms with Gasteiger partial charge in [-0.3, -0.25) is 14.2 Å². The minimum atomic E-state index is -0.557. The number of amides is 1. The second-order valence-electron chi connectivity index (χ2n) is 8.49. The number of carbonyl (C=O) groups is 1. The van der Waals surface area contributed by atoms with Crippen LogP contribution in [0.3, 0.4) is 0 Å². The van der Waals surface area contributed by atoms with E-state index in [1.807, 2.05) is 0 Å². The molecule has 2 aromatic rings. The van der Waals surface area contributed by atoms with E-state index in [1.165, 1.54) is 4.52 Å². The van der Waals surface area contributed by atoms with Crippen LogP contribution >= 0.6 is 0 Å². The summed E-state index contributed by atoms with van der Waals surface area (Å²) in [4.78, 5) is 30.5. The van der Waals surface area contributed by atoms with Crippen molar-refractivity contribution >= 4 is 23.0 Å².